The summed E-state index contributed by atoms with van der Waals surface area (Å²) in [5, 5.41) is 8.95. The van der Waals surface area contributed by atoms with Crippen LogP contribution in [-0.4, -0.2) is 64.9 Å². The number of aromatic nitrogens is 2. The number of carbonyl (C=O) groups excluding carboxylic acids is 1. The van der Waals surface area contributed by atoms with Crippen molar-refractivity contribution in [2.24, 2.45) is 0 Å². The molecule has 1 aromatic carbocycles. The fourth-order valence-corrected chi connectivity index (χ4v) is 3.73. The summed E-state index contributed by atoms with van der Waals surface area (Å²) >= 11 is 0. The lowest BCUT2D eigenvalue weighted by molar-refractivity contribution is -0.150. The second-order valence-electron chi connectivity index (χ2n) is 6.51. The molecule has 2 heterocycles. The van der Waals surface area contributed by atoms with Gasteiger partial charge in [-0.25, -0.2) is 22.6 Å². The Balaban J connectivity index is 1.89. The molecular formula is C16H18FN3O5S. The third kappa shape index (κ3) is 3.55. The van der Waals surface area contributed by atoms with Gasteiger partial charge in [0.25, 0.3) is 0 Å². The molecule has 1 aromatic heterocycles. The zero-order valence-corrected chi connectivity index (χ0v) is 14.9. The van der Waals surface area contributed by atoms with Gasteiger partial charge in [-0.1, -0.05) is 12.1 Å². The number of hydrogen-bond donors (Lipinski definition) is 1. The monoisotopic (exact) mass is 383 g/mol. The van der Waals surface area contributed by atoms with Crippen LogP contribution in [-0.2, 0) is 31.7 Å². The lowest BCUT2D eigenvalue weighted by atomic mass is 10.1. The van der Waals surface area contributed by atoms with Gasteiger partial charge < -0.3 is 14.6 Å². The van der Waals surface area contributed by atoms with Crippen LogP contribution in [0.4, 0.5) is 4.39 Å². The summed E-state index contributed by atoms with van der Waals surface area (Å²) < 4.78 is 39.0. The fraction of sp³-hybridized carbons (Fsp3) is 0.438. The highest BCUT2D eigenvalue weighted by Gasteiger charge is 2.46. The van der Waals surface area contributed by atoms with Crippen LogP contribution in [0.5, 0.6) is 0 Å². The SMILES string of the molecule is CS(=O)(=O)Cc1nc2ccccc2n1CC(=O)N1CCC(F)(C(=O)O)C1. The van der Waals surface area contributed by atoms with E-state index >= 15 is 0 Å². The van der Waals surface area contributed by atoms with Crippen molar-refractivity contribution in [2.45, 2.75) is 24.4 Å². The number of likely N-dealkylation sites (tertiary alicyclic amines) is 1. The molecule has 1 aliphatic heterocycles. The maximum absolute atomic E-state index is 14.2. The number of sulfone groups is 1. The Bertz CT molecular complexity index is 987. The predicted molar refractivity (Wildman–Crippen MR) is 91.0 cm³/mol. The number of aliphatic carboxylic acids is 1. The molecule has 1 amide bonds. The topological polar surface area (TPSA) is 110 Å². The van der Waals surface area contributed by atoms with E-state index in [1.165, 1.54) is 4.57 Å². The van der Waals surface area contributed by atoms with Crippen LogP contribution < -0.4 is 0 Å². The first-order valence-electron chi connectivity index (χ1n) is 7.91. The van der Waals surface area contributed by atoms with E-state index < -0.39 is 33.9 Å². The maximum atomic E-state index is 14.2. The number of halogens is 1. The van der Waals surface area contributed by atoms with E-state index in [0.717, 1.165) is 11.2 Å². The molecule has 1 N–H and O–H groups in total. The van der Waals surface area contributed by atoms with E-state index in [9.17, 15) is 22.4 Å². The Labute approximate surface area is 149 Å². The van der Waals surface area contributed by atoms with Crippen LogP contribution in [0.1, 0.15) is 12.2 Å². The van der Waals surface area contributed by atoms with Crippen LogP contribution in [0.3, 0.4) is 0 Å². The minimum Gasteiger partial charge on any atom is -0.479 e. The average Bonchev–Trinajstić information content (AvgIpc) is 3.09. The summed E-state index contributed by atoms with van der Waals surface area (Å²) in [6, 6.07) is 6.90. The molecule has 1 fully saturated rings. The number of rotatable bonds is 5. The van der Waals surface area contributed by atoms with E-state index in [0.29, 0.717) is 11.0 Å². The van der Waals surface area contributed by atoms with Crippen LogP contribution >= 0.6 is 0 Å². The maximum Gasteiger partial charge on any atom is 0.343 e. The number of carboxylic acids is 1. The molecule has 8 nitrogen and oxygen atoms in total. The van der Waals surface area contributed by atoms with Crippen molar-refractivity contribution in [3.8, 4) is 0 Å². The molecule has 0 radical (unpaired) electrons. The minimum atomic E-state index is -3.38. The highest BCUT2D eigenvalue weighted by molar-refractivity contribution is 7.89. The van der Waals surface area contributed by atoms with E-state index in [1.54, 1.807) is 24.3 Å². The summed E-state index contributed by atoms with van der Waals surface area (Å²) in [4.78, 5) is 29.0. The molecule has 2 aromatic rings. The normalized spacial score (nSPS) is 20.6. The van der Waals surface area contributed by atoms with Crippen LogP contribution in [0.15, 0.2) is 24.3 Å². The van der Waals surface area contributed by atoms with Crippen molar-refractivity contribution in [2.75, 3.05) is 19.3 Å². The number of carbonyl (C=O) groups is 2. The largest absolute Gasteiger partial charge is 0.479 e. The van der Waals surface area contributed by atoms with Crippen molar-refractivity contribution < 1.29 is 27.5 Å². The molecule has 0 bridgehead atoms. The van der Waals surface area contributed by atoms with Crippen molar-refractivity contribution in [3.05, 3.63) is 30.1 Å². The second-order valence-corrected chi connectivity index (χ2v) is 8.65. The van der Waals surface area contributed by atoms with Gasteiger partial charge >= 0.3 is 5.97 Å². The number of imidazole rings is 1. The van der Waals surface area contributed by atoms with E-state index in [1.807, 2.05) is 0 Å². The molecule has 1 atom stereocenters. The summed E-state index contributed by atoms with van der Waals surface area (Å²) in [6.07, 6.45) is 0.804. The fourth-order valence-electron chi connectivity index (χ4n) is 3.04. The van der Waals surface area contributed by atoms with Crippen LogP contribution in [0.2, 0.25) is 0 Å². The minimum absolute atomic E-state index is 0.00429. The van der Waals surface area contributed by atoms with Gasteiger partial charge in [-0.05, 0) is 12.1 Å². The molecule has 1 saturated heterocycles. The average molecular weight is 383 g/mol. The number of para-hydroxylation sites is 2. The highest BCUT2D eigenvalue weighted by atomic mass is 32.2. The number of alkyl halides is 1. The van der Waals surface area contributed by atoms with Crippen molar-refractivity contribution >= 4 is 32.7 Å². The Morgan fingerprint density at radius 1 is 1.35 bits per heavy atom. The molecule has 0 aliphatic carbocycles. The van der Waals surface area contributed by atoms with Gasteiger partial charge in [0.1, 0.15) is 18.1 Å². The van der Waals surface area contributed by atoms with Gasteiger partial charge in [-0.15, -0.1) is 0 Å². The van der Waals surface area contributed by atoms with Crippen LogP contribution in [0, 0.1) is 0 Å². The second kappa shape index (κ2) is 6.35. The first-order valence-corrected chi connectivity index (χ1v) is 9.97. The molecule has 0 saturated carbocycles. The third-order valence-corrected chi connectivity index (χ3v) is 5.16. The molecule has 26 heavy (non-hydrogen) atoms. The first kappa shape index (κ1) is 18.3. The molecule has 0 spiro atoms. The Morgan fingerprint density at radius 2 is 2.04 bits per heavy atom. The molecule has 10 heteroatoms. The summed E-state index contributed by atoms with van der Waals surface area (Å²) in [5.74, 6) is -2.19. The summed E-state index contributed by atoms with van der Waals surface area (Å²) in [5.41, 5.74) is -1.31. The van der Waals surface area contributed by atoms with Gasteiger partial charge in [-0.2, -0.15) is 0 Å². The van der Waals surface area contributed by atoms with E-state index in [2.05, 4.69) is 4.98 Å². The quantitative estimate of drug-likeness (QED) is 0.810. The van der Waals surface area contributed by atoms with Gasteiger partial charge in [0.15, 0.2) is 9.84 Å². The summed E-state index contributed by atoms with van der Waals surface area (Å²) in [7, 11) is -3.38. The molecule has 140 valence electrons. The van der Waals surface area contributed by atoms with Gasteiger partial charge in [0.2, 0.25) is 11.6 Å². The molecule has 1 aliphatic rings. The number of nitrogens with zero attached hydrogens (tertiary/aromatic N) is 3. The summed E-state index contributed by atoms with van der Waals surface area (Å²) in [6.45, 7) is -0.758. The Hall–Kier alpha value is -2.49. The molecule has 1 unspecified atom stereocenters. The zero-order valence-electron chi connectivity index (χ0n) is 14.1. The van der Waals surface area contributed by atoms with Gasteiger partial charge in [0.05, 0.1) is 17.6 Å². The standard InChI is InChI=1S/C16H18FN3O5S/c1-26(24,25)9-13-18-11-4-2-3-5-12(11)20(13)8-14(21)19-7-6-16(17,10-19)15(22)23/h2-5H,6-10H2,1H3,(H,22,23). The van der Waals surface area contributed by atoms with Gasteiger partial charge in [0, 0.05) is 19.2 Å². The molecular weight excluding hydrogens is 365 g/mol. The number of hydrogen-bond acceptors (Lipinski definition) is 5. The van der Waals surface area contributed by atoms with Crippen LogP contribution in [0.25, 0.3) is 11.0 Å². The van der Waals surface area contributed by atoms with Gasteiger partial charge in [-0.3, -0.25) is 4.79 Å². The number of carboxylic acid groups (broad SMARTS) is 1. The highest BCUT2D eigenvalue weighted by Crippen LogP contribution is 2.26. The molecule has 3 rings (SSSR count). The van der Waals surface area contributed by atoms with E-state index in [-0.39, 0.29) is 31.1 Å². The Morgan fingerprint density at radius 3 is 2.65 bits per heavy atom. The number of benzene rings is 1. The Kier molecular flexibility index (Phi) is 4.47. The number of amides is 1. The smallest absolute Gasteiger partial charge is 0.343 e. The number of fused-ring (bicyclic) bond motifs is 1. The first-order chi connectivity index (χ1) is 12.1. The third-order valence-electron chi connectivity index (χ3n) is 4.37. The predicted octanol–water partition coefficient (Wildman–Crippen LogP) is 0.606. The lowest BCUT2D eigenvalue weighted by Gasteiger charge is -2.19. The van der Waals surface area contributed by atoms with Crippen molar-refractivity contribution in [3.63, 3.8) is 0 Å². The lowest BCUT2D eigenvalue weighted by Crippen LogP contribution is -2.40. The van der Waals surface area contributed by atoms with E-state index in [4.69, 9.17) is 5.11 Å². The van der Waals surface area contributed by atoms with Crippen molar-refractivity contribution in [1.29, 1.82) is 0 Å². The zero-order chi connectivity index (χ0) is 19.1. The van der Waals surface area contributed by atoms with Crippen molar-refractivity contribution in [1.82, 2.24) is 14.5 Å².